The van der Waals surface area contributed by atoms with Crippen molar-refractivity contribution in [2.24, 2.45) is 22.4 Å². The van der Waals surface area contributed by atoms with Crippen molar-refractivity contribution in [3.8, 4) is 0 Å². The van der Waals surface area contributed by atoms with Gasteiger partial charge in [0.1, 0.15) is 12.0 Å². The van der Waals surface area contributed by atoms with Crippen molar-refractivity contribution >= 4 is 23.2 Å². The lowest BCUT2D eigenvalue weighted by molar-refractivity contribution is 0.0912. The molecule has 4 rings (SSSR count). The van der Waals surface area contributed by atoms with E-state index in [1.807, 2.05) is 11.9 Å². The van der Waals surface area contributed by atoms with Crippen LogP contribution in [-0.4, -0.2) is 60.1 Å². The SMILES string of the molecule is CN1CC([C@H]2CC[C@@H](N)CC2)N=C(c2ccc(C(=O)N[C@H](CO)c3cccc(Cl)c3)c(F)c2)C1N. The zero-order chi connectivity index (χ0) is 25.1. The Hall–Kier alpha value is -2.36. The fraction of sp³-hybridized carbons (Fsp3) is 0.462. The molecule has 2 unspecified atom stereocenters. The second-order valence-corrected chi connectivity index (χ2v) is 10.0. The average molecular weight is 502 g/mol. The van der Waals surface area contributed by atoms with Gasteiger partial charge in [-0.15, -0.1) is 0 Å². The molecule has 0 spiro atoms. The van der Waals surface area contributed by atoms with Gasteiger partial charge in [-0.05, 0) is 68.5 Å². The van der Waals surface area contributed by atoms with E-state index >= 15 is 4.39 Å². The smallest absolute Gasteiger partial charge is 0.254 e. The minimum atomic E-state index is -0.713. The Balaban J connectivity index is 1.53. The molecule has 35 heavy (non-hydrogen) atoms. The average Bonchev–Trinajstić information content (AvgIpc) is 2.84. The molecule has 1 aliphatic carbocycles. The lowest BCUT2D eigenvalue weighted by Crippen LogP contribution is -2.54. The van der Waals surface area contributed by atoms with Crippen molar-refractivity contribution in [1.29, 1.82) is 0 Å². The van der Waals surface area contributed by atoms with Crippen LogP contribution in [0, 0.1) is 11.7 Å². The van der Waals surface area contributed by atoms with Crippen molar-refractivity contribution in [3.05, 3.63) is 70.0 Å². The number of carbonyl (C=O) groups excluding carboxylic acids is 1. The van der Waals surface area contributed by atoms with E-state index in [4.69, 9.17) is 28.1 Å². The highest BCUT2D eigenvalue weighted by Crippen LogP contribution is 2.30. The van der Waals surface area contributed by atoms with E-state index in [1.165, 1.54) is 12.1 Å². The monoisotopic (exact) mass is 501 g/mol. The zero-order valence-corrected chi connectivity index (χ0v) is 20.6. The van der Waals surface area contributed by atoms with Gasteiger partial charge in [-0.1, -0.05) is 29.8 Å². The molecule has 9 heteroatoms. The van der Waals surface area contributed by atoms with Crippen LogP contribution >= 0.6 is 11.6 Å². The number of aliphatic imine (C=N–C) groups is 1. The van der Waals surface area contributed by atoms with E-state index in [1.54, 1.807) is 30.3 Å². The number of aliphatic hydroxyl groups excluding tert-OH is 1. The Labute approximate surface area is 210 Å². The second kappa shape index (κ2) is 11.1. The second-order valence-electron chi connectivity index (χ2n) is 9.60. The number of nitrogens with zero attached hydrogens (tertiary/aromatic N) is 2. The van der Waals surface area contributed by atoms with Gasteiger partial charge in [0.2, 0.25) is 0 Å². The molecule has 1 amide bonds. The van der Waals surface area contributed by atoms with Gasteiger partial charge in [0.25, 0.3) is 5.91 Å². The maximum absolute atomic E-state index is 15.1. The van der Waals surface area contributed by atoms with Gasteiger partial charge < -0.3 is 21.9 Å². The first kappa shape index (κ1) is 25.7. The highest BCUT2D eigenvalue weighted by atomic mass is 35.5. The topological polar surface area (TPSA) is 117 Å². The molecule has 0 saturated heterocycles. The largest absolute Gasteiger partial charge is 0.394 e. The van der Waals surface area contributed by atoms with E-state index in [9.17, 15) is 9.90 Å². The number of aliphatic hydroxyl groups is 1. The first-order chi connectivity index (χ1) is 16.8. The van der Waals surface area contributed by atoms with Crippen LogP contribution in [0.5, 0.6) is 0 Å². The van der Waals surface area contributed by atoms with Crippen molar-refractivity contribution < 1.29 is 14.3 Å². The molecule has 7 nitrogen and oxygen atoms in total. The minimum absolute atomic E-state index is 0.0799. The first-order valence-electron chi connectivity index (χ1n) is 12.0. The number of nitrogens with one attached hydrogen (secondary N) is 1. The number of halogens is 2. The van der Waals surface area contributed by atoms with E-state index in [-0.39, 0.29) is 24.3 Å². The molecule has 2 aromatic rings. The van der Waals surface area contributed by atoms with Crippen LogP contribution in [0.15, 0.2) is 47.5 Å². The standard InChI is InChI=1S/C26H33ClFN5O2/c1-33-13-22(15-5-8-19(29)9-6-15)31-24(25(33)30)17-7-10-20(21(28)12-17)26(35)32-23(14-34)16-3-2-4-18(27)11-16/h2-4,7,10-12,15,19,22-23,25,34H,5-6,8-9,13-14,29-30H2,1H3,(H,32,35)/t15-,19+,22?,23-,25?/m1/s1. The summed E-state index contributed by atoms with van der Waals surface area (Å²) in [5.41, 5.74) is 14.2. The number of amides is 1. The van der Waals surface area contributed by atoms with Crippen molar-refractivity contribution in [2.75, 3.05) is 20.2 Å². The Bertz CT molecular complexity index is 1090. The van der Waals surface area contributed by atoms with Crippen molar-refractivity contribution in [3.63, 3.8) is 0 Å². The molecule has 0 radical (unpaired) electrons. The summed E-state index contributed by atoms with van der Waals surface area (Å²) in [6.45, 7) is 0.400. The van der Waals surface area contributed by atoms with Gasteiger partial charge in [0.15, 0.2) is 0 Å². The maximum Gasteiger partial charge on any atom is 0.254 e. The van der Waals surface area contributed by atoms with E-state index in [0.717, 1.165) is 32.2 Å². The molecule has 188 valence electrons. The summed E-state index contributed by atoms with van der Waals surface area (Å²) in [5, 5.41) is 12.9. The summed E-state index contributed by atoms with van der Waals surface area (Å²) in [7, 11) is 1.95. The Morgan fingerprint density at radius 1 is 1.23 bits per heavy atom. The normalized spacial score (nSPS) is 26.2. The summed E-state index contributed by atoms with van der Waals surface area (Å²) >= 11 is 6.02. The molecular formula is C26H33ClFN5O2. The summed E-state index contributed by atoms with van der Waals surface area (Å²) in [4.78, 5) is 19.8. The van der Waals surface area contributed by atoms with Crippen LogP contribution in [0.4, 0.5) is 4.39 Å². The molecule has 2 aromatic carbocycles. The Kier molecular flexibility index (Phi) is 8.19. The summed E-state index contributed by atoms with van der Waals surface area (Å²) in [6, 6.07) is 10.9. The third-order valence-electron chi connectivity index (χ3n) is 7.14. The van der Waals surface area contributed by atoms with Gasteiger partial charge in [0.05, 0.1) is 30.0 Å². The van der Waals surface area contributed by atoms with Gasteiger partial charge in [-0.2, -0.15) is 0 Å². The van der Waals surface area contributed by atoms with Crippen LogP contribution in [0.25, 0.3) is 0 Å². The van der Waals surface area contributed by atoms with Crippen LogP contribution in [0.1, 0.15) is 53.2 Å². The Morgan fingerprint density at radius 3 is 2.63 bits per heavy atom. The molecule has 1 fully saturated rings. The predicted octanol–water partition coefficient (Wildman–Crippen LogP) is 2.85. The molecule has 3 atom stereocenters. The molecule has 1 heterocycles. The number of benzene rings is 2. The van der Waals surface area contributed by atoms with Crippen LogP contribution in [0.2, 0.25) is 5.02 Å². The van der Waals surface area contributed by atoms with E-state index < -0.39 is 23.9 Å². The number of hydrogen-bond donors (Lipinski definition) is 4. The fourth-order valence-corrected chi connectivity index (χ4v) is 5.19. The molecule has 6 N–H and O–H groups in total. The third-order valence-corrected chi connectivity index (χ3v) is 7.38. The van der Waals surface area contributed by atoms with Crippen LogP contribution in [0.3, 0.4) is 0 Å². The number of likely N-dealkylation sites (N-methyl/N-ethyl adjacent to an activating group) is 1. The lowest BCUT2D eigenvalue weighted by Gasteiger charge is -2.39. The first-order valence-corrected chi connectivity index (χ1v) is 12.4. The maximum atomic E-state index is 15.1. The summed E-state index contributed by atoms with van der Waals surface area (Å²) in [5.74, 6) is -0.876. The van der Waals surface area contributed by atoms with Crippen LogP contribution in [-0.2, 0) is 0 Å². The van der Waals surface area contributed by atoms with Crippen molar-refractivity contribution in [1.82, 2.24) is 10.2 Å². The number of rotatable bonds is 6. The third kappa shape index (κ3) is 5.90. The Morgan fingerprint density at radius 2 is 1.97 bits per heavy atom. The molecule has 0 aromatic heterocycles. The van der Waals surface area contributed by atoms with Gasteiger partial charge in [-0.25, -0.2) is 4.39 Å². The molecular weight excluding hydrogens is 469 g/mol. The van der Waals surface area contributed by atoms with E-state index in [2.05, 4.69) is 5.32 Å². The van der Waals surface area contributed by atoms with Crippen molar-refractivity contribution in [2.45, 2.75) is 50.0 Å². The lowest BCUT2D eigenvalue weighted by atomic mass is 9.81. The highest BCUT2D eigenvalue weighted by Gasteiger charge is 2.33. The highest BCUT2D eigenvalue weighted by molar-refractivity contribution is 6.30. The summed E-state index contributed by atoms with van der Waals surface area (Å²) < 4.78 is 15.1. The number of nitrogens with two attached hydrogens (primary N) is 2. The van der Waals surface area contributed by atoms with Gasteiger partial charge in [0, 0.05) is 23.2 Å². The minimum Gasteiger partial charge on any atom is -0.394 e. The zero-order valence-electron chi connectivity index (χ0n) is 19.8. The molecule has 1 aliphatic heterocycles. The molecule has 2 aliphatic rings. The van der Waals surface area contributed by atoms with Gasteiger partial charge in [-0.3, -0.25) is 14.7 Å². The quantitative estimate of drug-likeness (QED) is 0.485. The predicted molar refractivity (Wildman–Crippen MR) is 136 cm³/mol. The number of carbonyl (C=O) groups is 1. The number of hydrogen-bond acceptors (Lipinski definition) is 6. The van der Waals surface area contributed by atoms with E-state index in [0.29, 0.717) is 27.8 Å². The summed E-state index contributed by atoms with van der Waals surface area (Å²) in [6.07, 6.45) is 3.57. The van der Waals surface area contributed by atoms with Gasteiger partial charge >= 0.3 is 0 Å². The fourth-order valence-electron chi connectivity index (χ4n) is 5.00. The molecule has 1 saturated carbocycles. The van der Waals surface area contributed by atoms with Crippen LogP contribution < -0.4 is 16.8 Å². The molecule has 0 bridgehead atoms.